The molecular weight excluding hydrogens is 252 g/mol. The highest BCUT2D eigenvalue weighted by Crippen LogP contribution is 2.31. The van der Waals surface area contributed by atoms with Gasteiger partial charge in [-0.1, -0.05) is 36.7 Å². The number of aromatic nitrogens is 1. The second kappa shape index (κ2) is 5.63. The van der Waals surface area contributed by atoms with Gasteiger partial charge in [0.25, 0.3) is 0 Å². The monoisotopic (exact) mass is 266 g/mol. The lowest BCUT2D eigenvalue weighted by Gasteiger charge is -2.17. The Morgan fingerprint density at radius 1 is 1.41 bits per heavy atom. The fraction of sp³-hybridized carbons (Fsp3) is 0.308. The molecule has 1 aromatic heterocycles. The van der Waals surface area contributed by atoms with Crippen LogP contribution in [0.4, 0.5) is 0 Å². The predicted molar refractivity (Wildman–Crippen MR) is 73.8 cm³/mol. The van der Waals surface area contributed by atoms with Crippen molar-refractivity contribution in [1.29, 1.82) is 0 Å². The van der Waals surface area contributed by atoms with E-state index in [1.165, 1.54) is 4.88 Å². The van der Waals surface area contributed by atoms with Crippen molar-refractivity contribution in [2.24, 2.45) is 0 Å². The lowest BCUT2D eigenvalue weighted by Crippen LogP contribution is -2.21. The number of nitrogens with zero attached hydrogens (tertiary/aromatic N) is 1. The van der Waals surface area contributed by atoms with Gasteiger partial charge in [-0.05, 0) is 25.1 Å². The second-order valence-electron chi connectivity index (χ2n) is 3.79. The van der Waals surface area contributed by atoms with E-state index in [0.717, 1.165) is 22.1 Å². The van der Waals surface area contributed by atoms with Gasteiger partial charge in [-0.15, -0.1) is 11.3 Å². The van der Waals surface area contributed by atoms with Gasteiger partial charge < -0.3 is 5.32 Å². The summed E-state index contributed by atoms with van der Waals surface area (Å²) in [5.41, 5.74) is 1.11. The van der Waals surface area contributed by atoms with Crippen LogP contribution in [0.2, 0.25) is 5.02 Å². The minimum Gasteiger partial charge on any atom is -0.306 e. The SMILES string of the molecule is CCNC(c1cnc(C)s1)c1ccccc1Cl. The molecule has 0 spiro atoms. The summed E-state index contributed by atoms with van der Waals surface area (Å²) in [6.07, 6.45) is 1.93. The van der Waals surface area contributed by atoms with Gasteiger partial charge in [0, 0.05) is 16.1 Å². The Kier molecular flexibility index (Phi) is 4.15. The highest BCUT2D eigenvalue weighted by atomic mass is 35.5. The Labute approximate surface area is 111 Å². The van der Waals surface area contributed by atoms with Crippen molar-refractivity contribution in [3.8, 4) is 0 Å². The number of rotatable bonds is 4. The normalized spacial score (nSPS) is 12.6. The van der Waals surface area contributed by atoms with Gasteiger partial charge in [0.15, 0.2) is 0 Å². The van der Waals surface area contributed by atoms with Gasteiger partial charge in [-0.2, -0.15) is 0 Å². The summed E-state index contributed by atoms with van der Waals surface area (Å²) in [6.45, 7) is 5.01. The predicted octanol–water partition coefficient (Wildman–Crippen LogP) is 3.80. The maximum absolute atomic E-state index is 6.26. The van der Waals surface area contributed by atoms with E-state index in [1.807, 2.05) is 31.3 Å². The summed E-state index contributed by atoms with van der Waals surface area (Å²) in [6, 6.07) is 8.09. The molecule has 0 aliphatic rings. The molecule has 0 radical (unpaired) electrons. The maximum atomic E-state index is 6.26. The highest BCUT2D eigenvalue weighted by molar-refractivity contribution is 7.11. The third-order valence-electron chi connectivity index (χ3n) is 2.55. The van der Waals surface area contributed by atoms with Gasteiger partial charge in [-0.3, -0.25) is 0 Å². The Bertz CT molecular complexity index is 496. The minimum absolute atomic E-state index is 0.139. The molecule has 1 N–H and O–H groups in total. The molecule has 0 saturated carbocycles. The molecule has 2 nitrogen and oxygen atoms in total. The molecule has 0 amide bonds. The molecular formula is C13H15ClN2S. The van der Waals surface area contributed by atoms with E-state index in [-0.39, 0.29) is 6.04 Å². The molecule has 0 fully saturated rings. The summed E-state index contributed by atoms with van der Waals surface area (Å²) in [4.78, 5) is 5.52. The van der Waals surface area contributed by atoms with Crippen LogP contribution in [0, 0.1) is 6.92 Å². The van der Waals surface area contributed by atoms with Gasteiger partial charge in [-0.25, -0.2) is 4.98 Å². The third-order valence-corrected chi connectivity index (χ3v) is 3.87. The van der Waals surface area contributed by atoms with Gasteiger partial charge in [0.05, 0.1) is 11.0 Å². The molecule has 0 aliphatic carbocycles. The quantitative estimate of drug-likeness (QED) is 0.910. The number of benzene rings is 1. The first-order valence-electron chi connectivity index (χ1n) is 5.62. The fourth-order valence-corrected chi connectivity index (χ4v) is 2.91. The van der Waals surface area contributed by atoms with E-state index in [0.29, 0.717) is 0 Å². The van der Waals surface area contributed by atoms with Crippen molar-refractivity contribution >= 4 is 22.9 Å². The topological polar surface area (TPSA) is 24.9 Å². The lowest BCUT2D eigenvalue weighted by atomic mass is 10.1. The fourth-order valence-electron chi connectivity index (χ4n) is 1.79. The zero-order valence-electron chi connectivity index (χ0n) is 9.90. The smallest absolute Gasteiger partial charge is 0.0897 e. The van der Waals surface area contributed by atoms with Crippen LogP contribution in [0.25, 0.3) is 0 Å². The molecule has 90 valence electrons. The van der Waals surface area contributed by atoms with Crippen LogP contribution in [0.1, 0.15) is 28.4 Å². The Hall–Kier alpha value is -0.900. The molecule has 1 atom stereocenters. The van der Waals surface area contributed by atoms with E-state index in [1.54, 1.807) is 11.3 Å². The first-order chi connectivity index (χ1) is 8.22. The highest BCUT2D eigenvalue weighted by Gasteiger charge is 2.17. The number of hydrogen-bond acceptors (Lipinski definition) is 3. The molecule has 2 aromatic rings. The molecule has 17 heavy (non-hydrogen) atoms. The maximum Gasteiger partial charge on any atom is 0.0897 e. The lowest BCUT2D eigenvalue weighted by molar-refractivity contribution is 0.639. The van der Waals surface area contributed by atoms with Crippen LogP contribution in [0.5, 0.6) is 0 Å². The second-order valence-corrected chi connectivity index (χ2v) is 5.47. The molecule has 2 rings (SSSR count). The molecule has 1 heterocycles. The number of halogens is 1. The Morgan fingerprint density at radius 2 is 2.18 bits per heavy atom. The molecule has 1 unspecified atom stereocenters. The summed E-state index contributed by atoms with van der Waals surface area (Å²) in [7, 11) is 0. The van der Waals surface area contributed by atoms with Crippen molar-refractivity contribution in [1.82, 2.24) is 10.3 Å². The number of thiazole rings is 1. The molecule has 0 saturated heterocycles. The van der Waals surface area contributed by atoms with E-state index >= 15 is 0 Å². The van der Waals surface area contributed by atoms with Crippen molar-refractivity contribution in [3.63, 3.8) is 0 Å². The molecule has 0 bridgehead atoms. The standard InChI is InChI=1S/C13H15ClN2S/c1-3-15-13(12-8-16-9(2)17-12)10-6-4-5-7-11(10)14/h4-8,13,15H,3H2,1-2H3. The van der Waals surface area contributed by atoms with E-state index < -0.39 is 0 Å². The van der Waals surface area contributed by atoms with Crippen LogP contribution in [-0.4, -0.2) is 11.5 Å². The minimum atomic E-state index is 0.139. The average molecular weight is 267 g/mol. The van der Waals surface area contributed by atoms with Crippen LogP contribution < -0.4 is 5.32 Å². The van der Waals surface area contributed by atoms with Crippen molar-refractivity contribution < 1.29 is 0 Å². The number of hydrogen-bond donors (Lipinski definition) is 1. The van der Waals surface area contributed by atoms with Gasteiger partial charge >= 0.3 is 0 Å². The van der Waals surface area contributed by atoms with Crippen LogP contribution in [0.15, 0.2) is 30.5 Å². The van der Waals surface area contributed by atoms with E-state index in [9.17, 15) is 0 Å². The van der Waals surface area contributed by atoms with Crippen molar-refractivity contribution in [3.05, 3.63) is 50.9 Å². The Morgan fingerprint density at radius 3 is 2.76 bits per heavy atom. The summed E-state index contributed by atoms with van der Waals surface area (Å²) in [5, 5.41) is 5.33. The van der Waals surface area contributed by atoms with E-state index in [4.69, 9.17) is 11.6 Å². The summed E-state index contributed by atoms with van der Waals surface area (Å²) in [5.74, 6) is 0. The van der Waals surface area contributed by atoms with E-state index in [2.05, 4.69) is 23.3 Å². The number of aryl methyl sites for hydroxylation is 1. The van der Waals surface area contributed by atoms with Gasteiger partial charge in [0.1, 0.15) is 0 Å². The molecule has 1 aromatic carbocycles. The summed E-state index contributed by atoms with van der Waals surface area (Å²) < 4.78 is 0. The van der Waals surface area contributed by atoms with Crippen molar-refractivity contribution in [2.75, 3.05) is 6.54 Å². The van der Waals surface area contributed by atoms with Crippen molar-refractivity contribution in [2.45, 2.75) is 19.9 Å². The largest absolute Gasteiger partial charge is 0.306 e. The zero-order chi connectivity index (χ0) is 12.3. The van der Waals surface area contributed by atoms with Crippen LogP contribution in [-0.2, 0) is 0 Å². The molecule has 0 aliphatic heterocycles. The number of nitrogens with one attached hydrogen (secondary N) is 1. The average Bonchev–Trinajstić information content (AvgIpc) is 2.74. The Balaban J connectivity index is 2.39. The molecule has 4 heteroatoms. The van der Waals surface area contributed by atoms with Crippen LogP contribution in [0.3, 0.4) is 0 Å². The first-order valence-corrected chi connectivity index (χ1v) is 6.82. The van der Waals surface area contributed by atoms with Crippen LogP contribution >= 0.6 is 22.9 Å². The first kappa shape index (κ1) is 12.6. The summed E-state index contributed by atoms with van der Waals surface area (Å²) >= 11 is 7.96. The third kappa shape index (κ3) is 2.86. The van der Waals surface area contributed by atoms with Gasteiger partial charge in [0.2, 0.25) is 0 Å². The zero-order valence-corrected chi connectivity index (χ0v) is 11.5.